The highest BCUT2D eigenvalue weighted by Gasteiger charge is 2.15. The van der Waals surface area contributed by atoms with Crippen molar-refractivity contribution in [3.8, 4) is 0 Å². The number of hydrogen-bond acceptors (Lipinski definition) is 3. The van der Waals surface area contributed by atoms with Crippen molar-refractivity contribution in [2.75, 3.05) is 0 Å². The molecule has 0 atom stereocenters. The minimum Gasteiger partial charge on any atom is -0.360 e. The van der Waals surface area contributed by atoms with Crippen LogP contribution in [0.5, 0.6) is 0 Å². The number of benzene rings is 1. The van der Waals surface area contributed by atoms with Gasteiger partial charge in [-0.25, -0.2) is 0 Å². The van der Waals surface area contributed by atoms with Gasteiger partial charge in [0.2, 0.25) is 5.43 Å². The molecule has 0 saturated heterocycles. The maximum absolute atomic E-state index is 12.5. The Morgan fingerprint density at radius 1 is 1.14 bits per heavy atom. The number of fused-ring (bicyclic) bond motifs is 1. The van der Waals surface area contributed by atoms with Gasteiger partial charge in [0, 0.05) is 24.2 Å². The SMILES string of the molecule is Cc1ccc(C(=O)c2c[nH]c3ccncc3c2=O)cc1C. The molecule has 21 heavy (non-hydrogen) atoms. The number of ketones is 1. The molecule has 1 aromatic carbocycles. The van der Waals surface area contributed by atoms with Gasteiger partial charge in [-0.3, -0.25) is 14.6 Å². The molecule has 0 unspecified atom stereocenters. The van der Waals surface area contributed by atoms with Gasteiger partial charge in [0.25, 0.3) is 0 Å². The molecule has 2 aromatic heterocycles. The Labute approximate surface area is 121 Å². The zero-order valence-electron chi connectivity index (χ0n) is 11.8. The van der Waals surface area contributed by atoms with E-state index in [0.717, 1.165) is 11.1 Å². The molecule has 0 aliphatic rings. The minimum atomic E-state index is -0.292. The molecule has 0 amide bonds. The zero-order valence-corrected chi connectivity index (χ0v) is 11.8. The highest BCUT2D eigenvalue weighted by atomic mass is 16.1. The summed E-state index contributed by atoms with van der Waals surface area (Å²) in [7, 11) is 0. The van der Waals surface area contributed by atoms with Crippen molar-refractivity contribution >= 4 is 16.7 Å². The van der Waals surface area contributed by atoms with Gasteiger partial charge in [0.1, 0.15) is 0 Å². The molecule has 1 N–H and O–H groups in total. The fourth-order valence-corrected chi connectivity index (χ4v) is 2.27. The highest BCUT2D eigenvalue weighted by Crippen LogP contribution is 2.14. The normalized spacial score (nSPS) is 10.8. The Balaban J connectivity index is 2.15. The van der Waals surface area contributed by atoms with Crippen LogP contribution in [-0.2, 0) is 0 Å². The van der Waals surface area contributed by atoms with E-state index in [4.69, 9.17) is 0 Å². The standard InChI is InChI=1S/C17H14N2O2/c1-10-3-4-12(7-11(10)2)16(20)14-9-19-15-5-6-18-8-13(15)17(14)21/h3-9H,1-2H3,(H,19,21). The highest BCUT2D eigenvalue weighted by molar-refractivity contribution is 6.10. The van der Waals surface area contributed by atoms with E-state index in [-0.39, 0.29) is 16.8 Å². The van der Waals surface area contributed by atoms with E-state index in [2.05, 4.69) is 9.97 Å². The molecule has 4 heteroatoms. The maximum Gasteiger partial charge on any atom is 0.202 e. The van der Waals surface area contributed by atoms with Gasteiger partial charge in [0.15, 0.2) is 5.78 Å². The smallest absolute Gasteiger partial charge is 0.202 e. The van der Waals surface area contributed by atoms with Crippen LogP contribution in [0.2, 0.25) is 0 Å². The van der Waals surface area contributed by atoms with Crippen molar-refractivity contribution in [2.24, 2.45) is 0 Å². The molecule has 2 heterocycles. The monoisotopic (exact) mass is 278 g/mol. The summed E-state index contributed by atoms with van der Waals surface area (Å²) in [6.45, 7) is 3.93. The van der Waals surface area contributed by atoms with Gasteiger partial charge in [-0.1, -0.05) is 12.1 Å². The molecule has 4 nitrogen and oxygen atoms in total. The Bertz CT molecular complexity index is 910. The quantitative estimate of drug-likeness (QED) is 0.733. The van der Waals surface area contributed by atoms with E-state index >= 15 is 0 Å². The summed E-state index contributed by atoms with van der Waals surface area (Å²) in [5.41, 5.74) is 3.18. The second-order valence-electron chi connectivity index (χ2n) is 5.08. The van der Waals surface area contributed by atoms with Gasteiger partial charge in [-0.05, 0) is 37.1 Å². The topological polar surface area (TPSA) is 62.8 Å². The van der Waals surface area contributed by atoms with Crippen molar-refractivity contribution in [1.82, 2.24) is 9.97 Å². The summed E-state index contributed by atoms with van der Waals surface area (Å²) < 4.78 is 0. The summed E-state index contributed by atoms with van der Waals surface area (Å²) in [5, 5.41) is 0.423. The predicted molar refractivity (Wildman–Crippen MR) is 81.7 cm³/mol. The first-order valence-electron chi connectivity index (χ1n) is 6.65. The lowest BCUT2D eigenvalue weighted by molar-refractivity contribution is 0.103. The molecule has 0 spiro atoms. The van der Waals surface area contributed by atoms with Gasteiger partial charge >= 0.3 is 0 Å². The van der Waals surface area contributed by atoms with Crippen LogP contribution in [0.4, 0.5) is 0 Å². The number of aromatic amines is 1. The lowest BCUT2D eigenvalue weighted by Crippen LogP contribution is -2.17. The van der Waals surface area contributed by atoms with Crippen molar-refractivity contribution in [3.63, 3.8) is 0 Å². The third kappa shape index (κ3) is 2.25. The number of carbonyl (C=O) groups is 1. The molecule has 104 valence electrons. The molecular formula is C17H14N2O2. The van der Waals surface area contributed by atoms with Crippen LogP contribution < -0.4 is 5.43 Å². The van der Waals surface area contributed by atoms with Gasteiger partial charge < -0.3 is 4.98 Å². The van der Waals surface area contributed by atoms with Crippen LogP contribution in [0.15, 0.2) is 47.7 Å². The largest absolute Gasteiger partial charge is 0.360 e. The van der Waals surface area contributed by atoms with Crippen molar-refractivity contribution in [1.29, 1.82) is 0 Å². The van der Waals surface area contributed by atoms with Gasteiger partial charge in [-0.2, -0.15) is 0 Å². The minimum absolute atomic E-state index is 0.138. The molecule has 3 aromatic rings. The molecule has 0 radical (unpaired) electrons. The van der Waals surface area contributed by atoms with Gasteiger partial charge in [-0.15, -0.1) is 0 Å². The average molecular weight is 278 g/mol. The number of pyridine rings is 2. The van der Waals surface area contributed by atoms with Crippen LogP contribution in [0.25, 0.3) is 10.9 Å². The summed E-state index contributed by atoms with van der Waals surface area (Å²) in [4.78, 5) is 31.9. The van der Waals surface area contributed by atoms with E-state index in [1.807, 2.05) is 26.0 Å². The fraction of sp³-hybridized carbons (Fsp3) is 0.118. The van der Waals surface area contributed by atoms with Crippen molar-refractivity contribution < 1.29 is 4.79 Å². The van der Waals surface area contributed by atoms with Crippen LogP contribution in [0.1, 0.15) is 27.0 Å². The third-order valence-corrected chi connectivity index (χ3v) is 3.70. The van der Waals surface area contributed by atoms with Crippen LogP contribution in [0, 0.1) is 13.8 Å². The molecule has 0 saturated carbocycles. The number of nitrogens with one attached hydrogen (secondary N) is 1. The van der Waals surface area contributed by atoms with E-state index in [1.54, 1.807) is 18.3 Å². The van der Waals surface area contributed by atoms with Gasteiger partial charge in [0.05, 0.1) is 16.5 Å². The number of hydrogen-bond donors (Lipinski definition) is 1. The Morgan fingerprint density at radius 2 is 1.95 bits per heavy atom. The summed E-state index contributed by atoms with van der Waals surface area (Å²) in [6.07, 6.45) is 4.55. The molecule has 0 bridgehead atoms. The lowest BCUT2D eigenvalue weighted by Gasteiger charge is -2.05. The molecular weight excluding hydrogens is 264 g/mol. The number of aryl methyl sites for hydroxylation is 2. The molecule has 0 aliphatic heterocycles. The van der Waals surface area contributed by atoms with E-state index in [9.17, 15) is 9.59 Å². The summed E-state index contributed by atoms with van der Waals surface area (Å²) in [5.74, 6) is -0.273. The van der Waals surface area contributed by atoms with Crippen molar-refractivity contribution in [2.45, 2.75) is 13.8 Å². The number of rotatable bonds is 2. The Hall–Kier alpha value is -2.75. The zero-order chi connectivity index (χ0) is 15.0. The Kier molecular flexibility index (Phi) is 3.14. The maximum atomic E-state index is 12.5. The van der Waals surface area contributed by atoms with Crippen LogP contribution >= 0.6 is 0 Å². The number of H-pyrrole nitrogens is 1. The second kappa shape index (κ2) is 4.98. The van der Waals surface area contributed by atoms with Crippen molar-refractivity contribution in [3.05, 3.63) is 75.3 Å². The predicted octanol–water partition coefficient (Wildman–Crippen LogP) is 2.77. The second-order valence-corrected chi connectivity index (χ2v) is 5.08. The van der Waals surface area contributed by atoms with E-state index in [1.165, 1.54) is 12.4 Å². The molecule has 3 rings (SSSR count). The first-order valence-corrected chi connectivity index (χ1v) is 6.65. The van der Waals surface area contributed by atoms with Crippen LogP contribution in [0.3, 0.4) is 0 Å². The summed E-state index contributed by atoms with van der Waals surface area (Å²) in [6, 6.07) is 7.16. The average Bonchev–Trinajstić information content (AvgIpc) is 2.50. The van der Waals surface area contributed by atoms with E-state index in [0.29, 0.717) is 16.5 Å². The molecule has 0 aliphatic carbocycles. The first-order chi connectivity index (χ1) is 10.1. The first kappa shape index (κ1) is 13.2. The number of aromatic nitrogens is 2. The fourth-order valence-electron chi connectivity index (χ4n) is 2.27. The lowest BCUT2D eigenvalue weighted by atomic mass is 9.99. The van der Waals surface area contributed by atoms with Crippen LogP contribution in [-0.4, -0.2) is 15.8 Å². The van der Waals surface area contributed by atoms with E-state index < -0.39 is 0 Å². The Morgan fingerprint density at radius 3 is 2.71 bits per heavy atom. The third-order valence-electron chi connectivity index (χ3n) is 3.70. The molecule has 0 fully saturated rings. The number of carbonyl (C=O) groups excluding carboxylic acids is 1. The number of nitrogens with zero attached hydrogens (tertiary/aromatic N) is 1. The summed E-state index contributed by atoms with van der Waals surface area (Å²) >= 11 is 0.